The summed E-state index contributed by atoms with van der Waals surface area (Å²) in [5.74, 6) is 0. The molecule has 23 heavy (non-hydrogen) atoms. The number of aromatic nitrogens is 2. The molecule has 0 atom stereocenters. The van der Waals surface area contributed by atoms with E-state index in [9.17, 15) is 0 Å². The molecule has 0 spiro atoms. The zero-order valence-electron chi connectivity index (χ0n) is 12.5. The third-order valence-electron chi connectivity index (χ3n) is 4.39. The Morgan fingerprint density at radius 2 is 1.26 bits per heavy atom. The number of hydrogen-bond acceptors (Lipinski definition) is 1. The van der Waals surface area contributed by atoms with Gasteiger partial charge >= 0.3 is 0 Å². The minimum Gasteiger partial charge on any atom is -0.354 e. The van der Waals surface area contributed by atoms with Crippen molar-refractivity contribution in [2.45, 2.75) is 0 Å². The van der Waals surface area contributed by atoms with E-state index < -0.39 is 0 Å². The average molecular weight is 294 g/mol. The second-order valence-electron chi connectivity index (χ2n) is 5.79. The molecule has 108 valence electrons. The number of H-pyrrole nitrogens is 1. The summed E-state index contributed by atoms with van der Waals surface area (Å²) in [6, 6.07) is 27.3. The normalized spacial score (nSPS) is 11.5. The Hall–Kier alpha value is -3.13. The molecule has 0 aliphatic carbocycles. The summed E-state index contributed by atoms with van der Waals surface area (Å²) in [6.07, 6.45) is 0. The van der Waals surface area contributed by atoms with E-state index >= 15 is 0 Å². The Kier molecular flexibility index (Phi) is 2.53. The van der Waals surface area contributed by atoms with Crippen molar-refractivity contribution in [3.63, 3.8) is 0 Å². The first-order valence-electron chi connectivity index (χ1n) is 7.76. The van der Waals surface area contributed by atoms with Crippen molar-refractivity contribution in [3.05, 3.63) is 78.9 Å². The van der Waals surface area contributed by atoms with Gasteiger partial charge in [0.15, 0.2) is 0 Å². The van der Waals surface area contributed by atoms with E-state index in [-0.39, 0.29) is 0 Å². The first-order chi connectivity index (χ1) is 11.4. The fraction of sp³-hybridized carbons (Fsp3) is 0. The number of pyridine rings is 1. The molecule has 0 saturated heterocycles. The van der Waals surface area contributed by atoms with Crippen molar-refractivity contribution < 1.29 is 0 Å². The summed E-state index contributed by atoms with van der Waals surface area (Å²) >= 11 is 0. The summed E-state index contributed by atoms with van der Waals surface area (Å²) in [6.45, 7) is 0. The fourth-order valence-corrected chi connectivity index (χ4v) is 3.34. The van der Waals surface area contributed by atoms with Crippen molar-refractivity contribution in [2.75, 3.05) is 0 Å². The number of nitrogens with zero attached hydrogens (tertiary/aromatic N) is 1. The lowest BCUT2D eigenvalue weighted by molar-refractivity contribution is 1.45. The number of benzene rings is 3. The van der Waals surface area contributed by atoms with Crippen molar-refractivity contribution in [1.29, 1.82) is 0 Å². The second kappa shape index (κ2) is 4.68. The SMILES string of the molecule is c1ccc2[nH]c(-c3c4ccccc4nc4ccccc34)cc2c1. The number of para-hydroxylation sites is 3. The summed E-state index contributed by atoms with van der Waals surface area (Å²) in [4.78, 5) is 8.37. The number of hydrogen-bond donors (Lipinski definition) is 1. The first kappa shape index (κ1) is 12.4. The quantitative estimate of drug-likeness (QED) is 0.404. The number of nitrogens with one attached hydrogen (secondary N) is 1. The summed E-state index contributed by atoms with van der Waals surface area (Å²) in [5.41, 5.74) is 5.58. The van der Waals surface area contributed by atoms with Crippen molar-refractivity contribution in [1.82, 2.24) is 9.97 Å². The van der Waals surface area contributed by atoms with Crippen LogP contribution in [0.5, 0.6) is 0 Å². The van der Waals surface area contributed by atoms with Crippen LogP contribution in [0.2, 0.25) is 0 Å². The van der Waals surface area contributed by atoms with Crippen LogP contribution in [0.25, 0.3) is 44.0 Å². The van der Waals surface area contributed by atoms with Gasteiger partial charge in [-0.15, -0.1) is 0 Å². The minimum absolute atomic E-state index is 1.03. The van der Waals surface area contributed by atoms with E-state index in [0.717, 1.165) is 22.2 Å². The molecule has 0 amide bonds. The predicted octanol–water partition coefficient (Wildman–Crippen LogP) is 5.54. The highest BCUT2D eigenvalue weighted by Gasteiger charge is 2.12. The van der Waals surface area contributed by atoms with Crippen LogP contribution in [0, 0.1) is 0 Å². The van der Waals surface area contributed by atoms with E-state index in [4.69, 9.17) is 4.98 Å². The maximum Gasteiger partial charge on any atom is 0.0716 e. The van der Waals surface area contributed by atoms with Gasteiger partial charge in [0, 0.05) is 32.9 Å². The van der Waals surface area contributed by atoms with Gasteiger partial charge in [-0.1, -0.05) is 54.6 Å². The standard InChI is InChI=1S/C21H14N2/c1-4-10-17-14(7-1)13-20(22-17)21-15-8-2-5-11-18(15)23-19-12-6-3-9-16(19)21/h1-13,22H. The van der Waals surface area contributed by atoms with Gasteiger partial charge in [-0.2, -0.15) is 0 Å². The van der Waals surface area contributed by atoms with Gasteiger partial charge in [-0.05, 0) is 24.3 Å². The number of fused-ring (bicyclic) bond motifs is 3. The van der Waals surface area contributed by atoms with Crippen molar-refractivity contribution in [2.24, 2.45) is 0 Å². The smallest absolute Gasteiger partial charge is 0.0716 e. The molecule has 5 rings (SSSR count). The molecule has 5 aromatic rings. The lowest BCUT2D eigenvalue weighted by atomic mass is 10.00. The number of aromatic amines is 1. The first-order valence-corrected chi connectivity index (χ1v) is 7.76. The van der Waals surface area contributed by atoms with Crippen molar-refractivity contribution >= 4 is 32.7 Å². The lowest BCUT2D eigenvalue weighted by Gasteiger charge is -2.09. The lowest BCUT2D eigenvalue weighted by Crippen LogP contribution is -1.88. The van der Waals surface area contributed by atoms with Gasteiger partial charge in [0.25, 0.3) is 0 Å². The van der Waals surface area contributed by atoms with Crippen LogP contribution in [-0.2, 0) is 0 Å². The highest BCUT2D eigenvalue weighted by Crippen LogP contribution is 2.35. The predicted molar refractivity (Wildman–Crippen MR) is 96.5 cm³/mol. The molecule has 2 heteroatoms. The third kappa shape index (κ3) is 1.85. The Labute approximate surface area is 133 Å². The second-order valence-corrected chi connectivity index (χ2v) is 5.79. The zero-order valence-corrected chi connectivity index (χ0v) is 12.5. The molecule has 2 aromatic heterocycles. The maximum absolute atomic E-state index is 4.80. The van der Waals surface area contributed by atoms with Crippen LogP contribution >= 0.6 is 0 Å². The molecular formula is C21H14N2. The molecule has 3 aromatic carbocycles. The van der Waals surface area contributed by atoms with Crippen LogP contribution in [0.15, 0.2) is 78.9 Å². The third-order valence-corrected chi connectivity index (χ3v) is 4.39. The molecule has 1 N–H and O–H groups in total. The molecular weight excluding hydrogens is 280 g/mol. The Morgan fingerprint density at radius 1 is 0.652 bits per heavy atom. The Bertz CT molecular complexity index is 1080. The molecule has 0 fully saturated rings. The van der Waals surface area contributed by atoms with Gasteiger partial charge in [0.2, 0.25) is 0 Å². The van der Waals surface area contributed by atoms with Crippen LogP contribution in [-0.4, -0.2) is 9.97 Å². The molecule has 2 heterocycles. The highest BCUT2D eigenvalue weighted by molar-refractivity contribution is 6.10. The fourth-order valence-electron chi connectivity index (χ4n) is 3.34. The van der Waals surface area contributed by atoms with Gasteiger partial charge in [-0.25, -0.2) is 4.98 Å². The minimum atomic E-state index is 1.03. The van der Waals surface area contributed by atoms with E-state index in [0.29, 0.717) is 0 Å². The maximum atomic E-state index is 4.80. The van der Waals surface area contributed by atoms with Crippen LogP contribution in [0.3, 0.4) is 0 Å². The highest BCUT2D eigenvalue weighted by atomic mass is 14.7. The Balaban J connectivity index is 1.97. The van der Waals surface area contributed by atoms with E-state index in [2.05, 4.69) is 71.7 Å². The molecule has 0 aliphatic rings. The van der Waals surface area contributed by atoms with E-state index in [1.807, 2.05) is 12.1 Å². The number of rotatable bonds is 1. The molecule has 2 nitrogen and oxygen atoms in total. The Morgan fingerprint density at radius 3 is 1.96 bits per heavy atom. The van der Waals surface area contributed by atoms with Gasteiger partial charge in [-0.3, -0.25) is 0 Å². The van der Waals surface area contributed by atoms with E-state index in [1.165, 1.54) is 21.7 Å². The molecule has 0 bridgehead atoms. The average Bonchev–Trinajstić information content (AvgIpc) is 3.03. The van der Waals surface area contributed by atoms with Crippen LogP contribution in [0.1, 0.15) is 0 Å². The van der Waals surface area contributed by atoms with Crippen LogP contribution < -0.4 is 0 Å². The topological polar surface area (TPSA) is 28.7 Å². The van der Waals surface area contributed by atoms with Gasteiger partial charge in [0.1, 0.15) is 0 Å². The summed E-state index contributed by atoms with van der Waals surface area (Å²) < 4.78 is 0. The summed E-state index contributed by atoms with van der Waals surface area (Å²) in [7, 11) is 0. The van der Waals surface area contributed by atoms with Crippen LogP contribution in [0.4, 0.5) is 0 Å². The summed E-state index contributed by atoms with van der Waals surface area (Å²) in [5, 5.41) is 3.59. The van der Waals surface area contributed by atoms with Gasteiger partial charge < -0.3 is 4.98 Å². The van der Waals surface area contributed by atoms with Crippen molar-refractivity contribution in [3.8, 4) is 11.3 Å². The van der Waals surface area contributed by atoms with Gasteiger partial charge in [0.05, 0.1) is 11.0 Å². The zero-order chi connectivity index (χ0) is 15.2. The molecule has 0 unspecified atom stereocenters. The molecule has 0 radical (unpaired) electrons. The van der Waals surface area contributed by atoms with E-state index in [1.54, 1.807) is 0 Å². The monoisotopic (exact) mass is 294 g/mol. The largest absolute Gasteiger partial charge is 0.354 e. The molecule has 0 saturated carbocycles. The molecule has 0 aliphatic heterocycles.